The molecule has 1 aliphatic rings. The number of nitrogens with one attached hydrogen (secondary N) is 2. The molecular formula is C16H16F3N3O2S. The van der Waals surface area contributed by atoms with Crippen LogP contribution in [0, 0.1) is 5.82 Å². The SMILES string of the molecule is O=C(CSc1nc2cccc(F)c2c(=O)[nH]1)NC1CCC(F)(F)CC1. The number of aromatic amines is 1. The Kier molecular flexibility index (Phi) is 5.03. The fourth-order valence-corrected chi connectivity index (χ4v) is 3.46. The van der Waals surface area contributed by atoms with E-state index in [0.717, 1.165) is 11.8 Å². The average Bonchev–Trinajstić information content (AvgIpc) is 2.55. The second kappa shape index (κ2) is 7.07. The summed E-state index contributed by atoms with van der Waals surface area (Å²) < 4.78 is 39.8. The fourth-order valence-electron chi connectivity index (χ4n) is 2.78. The van der Waals surface area contributed by atoms with Crippen molar-refractivity contribution >= 4 is 28.6 Å². The van der Waals surface area contributed by atoms with Crippen molar-refractivity contribution in [1.29, 1.82) is 0 Å². The molecule has 0 spiro atoms. The highest BCUT2D eigenvalue weighted by Crippen LogP contribution is 2.33. The number of amides is 1. The van der Waals surface area contributed by atoms with Crippen LogP contribution in [0.15, 0.2) is 28.2 Å². The van der Waals surface area contributed by atoms with Gasteiger partial charge in [0.25, 0.3) is 5.56 Å². The number of alkyl halides is 2. The first kappa shape index (κ1) is 17.8. The Morgan fingerprint density at radius 1 is 1.36 bits per heavy atom. The molecule has 3 rings (SSSR count). The first-order valence-electron chi connectivity index (χ1n) is 7.83. The predicted octanol–water partition coefficient (Wildman–Crippen LogP) is 2.85. The Bertz CT molecular complexity index is 846. The largest absolute Gasteiger partial charge is 0.353 e. The predicted molar refractivity (Wildman–Crippen MR) is 88.4 cm³/mol. The number of hydrogen-bond donors (Lipinski definition) is 2. The van der Waals surface area contributed by atoms with Crippen LogP contribution >= 0.6 is 11.8 Å². The van der Waals surface area contributed by atoms with Gasteiger partial charge in [-0.1, -0.05) is 17.8 Å². The molecule has 1 aromatic heterocycles. The van der Waals surface area contributed by atoms with Gasteiger partial charge in [-0.25, -0.2) is 18.2 Å². The molecule has 5 nitrogen and oxygen atoms in total. The molecule has 1 heterocycles. The highest BCUT2D eigenvalue weighted by atomic mass is 32.2. The van der Waals surface area contributed by atoms with E-state index in [2.05, 4.69) is 15.3 Å². The molecule has 1 fully saturated rings. The topological polar surface area (TPSA) is 74.8 Å². The Labute approximate surface area is 145 Å². The zero-order valence-electron chi connectivity index (χ0n) is 13.2. The minimum atomic E-state index is -2.64. The number of carbonyl (C=O) groups is 1. The van der Waals surface area contributed by atoms with Crippen molar-refractivity contribution in [3.8, 4) is 0 Å². The number of H-pyrrole nitrogens is 1. The highest BCUT2D eigenvalue weighted by Gasteiger charge is 2.35. The maximum absolute atomic E-state index is 13.6. The molecule has 25 heavy (non-hydrogen) atoms. The van der Waals surface area contributed by atoms with E-state index < -0.39 is 17.3 Å². The van der Waals surface area contributed by atoms with Gasteiger partial charge in [-0.3, -0.25) is 9.59 Å². The van der Waals surface area contributed by atoms with Crippen LogP contribution in [-0.2, 0) is 4.79 Å². The molecular weight excluding hydrogens is 355 g/mol. The van der Waals surface area contributed by atoms with Gasteiger partial charge < -0.3 is 10.3 Å². The number of benzene rings is 1. The van der Waals surface area contributed by atoms with Crippen molar-refractivity contribution in [2.45, 2.75) is 42.8 Å². The minimum Gasteiger partial charge on any atom is -0.353 e. The van der Waals surface area contributed by atoms with Gasteiger partial charge in [0.1, 0.15) is 11.2 Å². The zero-order chi connectivity index (χ0) is 18.0. The molecule has 134 valence electrons. The van der Waals surface area contributed by atoms with E-state index in [4.69, 9.17) is 0 Å². The number of halogens is 3. The number of aromatic nitrogens is 2. The van der Waals surface area contributed by atoms with Crippen LogP contribution in [0.1, 0.15) is 25.7 Å². The smallest absolute Gasteiger partial charge is 0.262 e. The lowest BCUT2D eigenvalue weighted by molar-refractivity contribution is -0.120. The third-order valence-corrected chi connectivity index (χ3v) is 4.96. The van der Waals surface area contributed by atoms with Crippen LogP contribution in [-0.4, -0.2) is 33.6 Å². The van der Waals surface area contributed by atoms with Crippen LogP contribution in [0.3, 0.4) is 0 Å². The molecule has 0 aliphatic heterocycles. The summed E-state index contributed by atoms with van der Waals surface area (Å²) in [5.41, 5.74) is -0.401. The zero-order valence-corrected chi connectivity index (χ0v) is 14.0. The molecule has 0 unspecified atom stereocenters. The van der Waals surface area contributed by atoms with E-state index in [1.54, 1.807) is 0 Å². The van der Waals surface area contributed by atoms with Crippen LogP contribution in [0.4, 0.5) is 13.2 Å². The molecule has 2 aromatic rings. The lowest BCUT2D eigenvalue weighted by atomic mass is 9.92. The Hall–Kier alpha value is -2.03. The normalized spacial score (nSPS) is 17.6. The maximum Gasteiger partial charge on any atom is 0.262 e. The molecule has 0 atom stereocenters. The second-order valence-electron chi connectivity index (χ2n) is 5.99. The Balaban J connectivity index is 1.59. The van der Waals surface area contributed by atoms with E-state index in [1.165, 1.54) is 18.2 Å². The Morgan fingerprint density at radius 3 is 2.80 bits per heavy atom. The van der Waals surface area contributed by atoms with Gasteiger partial charge in [0.2, 0.25) is 11.8 Å². The summed E-state index contributed by atoms with van der Waals surface area (Å²) in [5, 5.41) is 2.79. The fraction of sp³-hybridized carbons (Fsp3) is 0.438. The molecule has 1 amide bonds. The quantitative estimate of drug-likeness (QED) is 0.640. The second-order valence-corrected chi connectivity index (χ2v) is 6.96. The van der Waals surface area contributed by atoms with Crippen molar-refractivity contribution in [2.24, 2.45) is 0 Å². The number of thioether (sulfide) groups is 1. The summed E-state index contributed by atoms with van der Waals surface area (Å²) in [4.78, 5) is 30.4. The van der Waals surface area contributed by atoms with Crippen LogP contribution in [0.2, 0.25) is 0 Å². The van der Waals surface area contributed by atoms with Crippen molar-refractivity contribution in [2.75, 3.05) is 5.75 Å². The van der Waals surface area contributed by atoms with E-state index in [1.807, 2.05) is 0 Å². The third kappa shape index (κ3) is 4.33. The maximum atomic E-state index is 13.6. The number of fused-ring (bicyclic) bond motifs is 1. The molecule has 2 N–H and O–H groups in total. The van der Waals surface area contributed by atoms with E-state index in [9.17, 15) is 22.8 Å². The van der Waals surface area contributed by atoms with Crippen molar-refractivity contribution in [1.82, 2.24) is 15.3 Å². The number of nitrogens with zero attached hydrogens (tertiary/aromatic N) is 1. The van der Waals surface area contributed by atoms with Crippen LogP contribution in [0.25, 0.3) is 10.9 Å². The lowest BCUT2D eigenvalue weighted by Crippen LogP contribution is -2.41. The van der Waals surface area contributed by atoms with Gasteiger partial charge in [-0.2, -0.15) is 0 Å². The first-order valence-corrected chi connectivity index (χ1v) is 8.81. The van der Waals surface area contributed by atoms with E-state index in [-0.39, 0.29) is 59.4 Å². The van der Waals surface area contributed by atoms with Gasteiger partial charge in [0, 0.05) is 18.9 Å². The van der Waals surface area contributed by atoms with Crippen LogP contribution < -0.4 is 10.9 Å². The van der Waals surface area contributed by atoms with Crippen LogP contribution in [0.5, 0.6) is 0 Å². The minimum absolute atomic E-state index is 0.0172. The number of hydrogen-bond acceptors (Lipinski definition) is 4. The highest BCUT2D eigenvalue weighted by molar-refractivity contribution is 7.99. The van der Waals surface area contributed by atoms with Crippen molar-refractivity contribution in [3.63, 3.8) is 0 Å². The molecule has 0 bridgehead atoms. The molecule has 1 saturated carbocycles. The number of carbonyl (C=O) groups excluding carboxylic acids is 1. The standard InChI is InChI=1S/C16H16F3N3O2S/c17-10-2-1-3-11-13(10)14(24)22-15(21-11)25-8-12(23)20-9-4-6-16(18,19)7-5-9/h1-3,9H,4-8H2,(H,20,23)(H,21,22,24). The van der Waals surface area contributed by atoms with Gasteiger partial charge in [-0.05, 0) is 25.0 Å². The molecule has 9 heteroatoms. The summed E-state index contributed by atoms with van der Waals surface area (Å²) in [6.07, 6.45) is 0.0356. The molecule has 0 saturated heterocycles. The monoisotopic (exact) mass is 371 g/mol. The van der Waals surface area contributed by atoms with Crippen molar-refractivity contribution < 1.29 is 18.0 Å². The van der Waals surface area contributed by atoms with Crippen molar-refractivity contribution in [3.05, 3.63) is 34.4 Å². The summed E-state index contributed by atoms with van der Waals surface area (Å²) in [6.45, 7) is 0. The third-order valence-electron chi connectivity index (χ3n) is 4.08. The summed E-state index contributed by atoms with van der Waals surface area (Å²) in [5.74, 6) is -3.63. The Morgan fingerprint density at radius 2 is 2.08 bits per heavy atom. The first-order chi connectivity index (χ1) is 11.8. The van der Waals surface area contributed by atoms with Gasteiger partial charge in [0.15, 0.2) is 5.16 Å². The summed E-state index contributed by atoms with van der Waals surface area (Å²) in [7, 11) is 0. The lowest BCUT2D eigenvalue weighted by Gasteiger charge is -2.28. The number of rotatable bonds is 4. The van der Waals surface area contributed by atoms with Gasteiger partial charge in [-0.15, -0.1) is 0 Å². The molecule has 0 radical (unpaired) electrons. The average molecular weight is 371 g/mol. The summed E-state index contributed by atoms with van der Waals surface area (Å²) in [6, 6.07) is 3.88. The molecule has 1 aromatic carbocycles. The van der Waals surface area contributed by atoms with Gasteiger partial charge in [0.05, 0.1) is 11.3 Å². The molecule has 1 aliphatic carbocycles. The van der Waals surface area contributed by atoms with E-state index >= 15 is 0 Å². The van der Waals surface area contributed by atoms with Gasteiger partial charge >= 0.3 is 0 Å². The summed E-state index contributed by atoms with van der Waals surface area (Å²) >= 11 is 1.00. The van der Waals surface area contributed by atoms with E-state index in [0.29, 0.717) is 0 Å².